The Bertz CT molecular complexity index is 636. The summed E-state index contributed by atoms with van der Waals surface area (Å²) in [7, 11) is 0. The largest absolute Gasteiger partial charge is 0.343 e. The first-order chi connectivity index (χ1) is 8.61. The van der Waals surface area contributed by atoms with Crippen LogP contribution in [0.3, 0.4) is 0 Å². The fourth-order valence-corrected chi connectivity index (χ4v) is 2.42. The molecule has 0 atom stereocenters. The van der Waals surface area contributed by atoms with E-state index in [0.717, 1.165) is 22.8 Å². The molecule has 1 aliphatic rings. The molecule has 92 valence electrons. The highest BCUT2D eigenvalue weighted by Crippen LogP contribution is 2.39. The fourth-order valence-electron chi connectivity index (χ4n) is 2.20. The van der Waals surface area contributed by atoms with Crippen LogP contribution in [0.5, 0.6) is 0 Å². The molecule has 0 bridgehead atoms. The van der Waals surface area contributed by atoms with Gasteiger partial charge in [-0.15, -0.1) is 0 Å². The van der Waals surface area contributed by atoms with E-state index in [2.05, 4.69) is 15.0 Å². The number of nitrogens with one attached hydrogen (secondary N) is 1. The molecular weight excluding hydrogens is 242 g/mol. The Morgan fingerprint density at radius 3 is 2.39 bits per heavy atom. The van der Waals surface area contributed by atoms with Gasteiger partial charge in [-0.1, -0.05) is 12.2 Å². The Morgan fingerprint density at radius 2 is 1.78 bits per heavy atom. The van der Waals surface area contributed by atoms with Crippen molar-refractivity contribution in [3.05, 3.63) is 39.9 Å². The minimum Gasteiger partial charge on any atom is -0.343 e. The molecule has 2 aromatic rings. The van der Waals surface area contributed by atoms with Crippen molar-refractivity contribution in [2.24, 2.45) is 0 Å². The number of nitrogens with zero attached hydrogens (tertiary/aromatic N) is 2. The lowest BCUT2D eigenvalue weighted by Gasteiger charge is -2.06. The molecule has 1 aliphatic carbocycles. The highest BCUT2D eigenvalue weighted by atomic mass is 32.1. The zero-order valence-electron chi connectivity index (χ0n) is 10.5. The lowest BCUT2D eigenvalue weighted by molar-refractivity contribution is 0.985. The average molecular weight is 257 g/mol. The van der Waals surface area contributed by atoms with Crippen molar-refractivity contribution in [3.8, 4) is 11.4 Å². The van der Waals surface area contributed by atoms with Gasteiger partial charge in [0, 0.05) is 22.6 Å². The normalized spacial score (nSPS) is 14.8. The van der Waals surface area contributed by atoms with Crippen molar-refractivity contribution in [1.82, 2.24) is 15.0 Å². The summed E-state index contributed by atoms with van der Waals surface area (Å²) < 4.78 is 0.665. The molecule has 0 unspecified atom stereocenters. The minimum atomic E-state index is 0.650. The smallest absolute Gasteiger partial charge is 0.139 e. The van der Waals surface area contributed by atoms with Gasteiger partial charge in [0.15, 0.2) is 0 Å². The fraction of sp³-hybridized carbons (Fsp3) is 0.357. The van der Waals surface area contributed by atoms with Crippen LogP contribution in [0.25, 0.3) is 11.4 Å². The summed E-state index contributed by atoms with van der Waals surface area (Å²) in [6.07, 6.45) is 2.51. The highest BCUT2D eigenvalue weighted by molar-refractivity contribution is 7.71. The van der Waals surface area contributed by atoms with Crippen LogP contribution in [-0.2, 0) is 0 Å². The molecule has 18 heavy (non-hydrogen) atoms. The number of hydrogen-bond acceptors (Lipinski definition) is 3. The Morgan fingerprint density at radius 1 is 1.11 bits per heavy atom. The summed E-state index contributed by atoms with van der Waals surface area (Å²) in [5.41, 5.74) is 4.29. The number of hydrogen-bond donors (Lipinski definition) is 1. The highest BCUT2D eigenvalue weighted by Gasteiger charge is 2.24. The van der Waals surface area contributed by atoms with Crippen LogP contribution in [0.1, 0.15) is 35.8 Å². The second-order valence-electron chi connectivity index (χ2n) is 4.94. The monoisotopic (exact) mass is 257 g/mol. The maximum atomic E-state index is 5.25. The molecule has 0 spiro atoms. The molecule has 0 aromatic carbocycles. The third-order valence-electron chi connectivity index (χ3n) is 3.14. The molecule has 3 rings (SSSR count). The molecule has 0 saturated heterocycles. The molecule has 1 fully saturated rings. The van der Waals surface area contributed by atoms with Gasteiger partial charge in [0.05, 0.1) is 0 Å². The quantitative estimate of drug-likeness (QED) is 0.834. The van der Waals surface area contributed by atoms with Crippen molar-refractivity contribution in [1.29, 1.82) is 0 Å². The zero-order chi connectivity index (χ0) is 12.7. The summed E-state index contributed by atoms with van der Waals surface area (Å²) >= 11 is 5.25. The van der Waals surface area contributed by atoms with E-state index in [1.807, 2.05) is 32.0 Å². The number of pyridine rings is 1. The Kier molecular flexibility index (Phi) is 2.74. The summed E-state index contributed by atoms with van der Waals surface area (Å²) in [6, 6.07) is 6.06. The predicted molar refractivity (Wildman–Crippen MR) is 74.1 cm³/mol. The van der Waals surface area contributed by atoms with Crippen molar-refractivity contribution in [3.63, 3.8) is 0 Å². The SMILES string of the molecule is Cc1cc(-c2nc(=S)cc(C3CC3)[nH]2)cc(C)n1. The first-order valence-electron chi connectivity index (χ1n) is 6.19. The minimum absolute atomic E-state index is 0.650. The van der Waals surface area contributed by atoms with E-state index < -0.39 is 0 Å². The van der Waals surface area contributed by atoms with Crippen LogP contribution in [0.2, 0.25) is 0 Å². The first kappa shape index (κ1) is 11.5. The summed E-state index contributed by atoms with van der Waals surface area (Å²) in [4.78, 5) is 12.2. The number of aromatic amines is 1. The van der Waals surface area contributed by atoms with Gasteiger partial charge in [0.2, 0.25) is 0 Å². The summed E-state index contributed by atoms with van der Waals surface area (Å²) in [5.74, 6) is 1.51. The van der Waals surface area contributed by atoms with Crippen LogP contribution in [-0.4, -0.2) is 15.0 Å². The van der Waals surface area contributed by atoms with Crippen molar-refractivity contribution in [2.45, 2.75) is 32.6 Å². The number of rotatable bonds is 2. The van der Waals surface area contributed by atoms with Crippen molar-refractivity contribution in [2.75, 3.05) is 0 Å². The average Bonchev–Trinajstić information content (AvgIpc) is 3.10. The van der Waals surface area contributed by atoms with E-state index in [-0.39, 0.29) is 0 Å². The molecule has 2 heterocycles. The maximum Gasteiger partial charge on any atom is 0.139 e. The third-order valence-corrected chi connectivity index (χ3v) is 3.34. The lowest BCUT2D eigenvalue weighted by atomic mass is 10.2. The van der Waals surface area contributed by atoms with Gasteiger partial charge in [0.25, 0.3) is 0 Å². The predicted octanol–water partition coefficient (Wildman–Crippen LogP) is 3.70. The molecule has 0 aliphatic heterocycles. The Balaban J connectivity index is 2.12. The van der Waals surface area contributed by atoms with E-state index in [1.165, 1.54) is 18.5 Å². The lowest BCUT2D eigenvalue weighted by Crippen LogP contribution is -1.96. The zero-order valence-corrected chi connectivity index (χ0v) is 11.3. The van der Waals surface area contributed by atoms with E-state index in [1.54, 1.807) is 0 Å². The van der Waals surface area contributed by atoms with Gasteiger partial charge >= 0.3 is 0 Å². The maximum absolute atomic E-state index is 5.25. The number of aromatic nitrogens is 3. The van der Waals surface area contributed by atoms with Gasteiger partial charge in [-0.2, -0.15) is 0 Å². The van der Waals surface area contributed by atoms with Crippen molar-refractivity contribution >= 4 is 12.2 Å². The standard InChI is InChI=1S/C14H15N3S/c1-8-5-11(6-9(2)15-8)14-16-12(10-3-4-10)7-13(18)17-14/h5-7,10H,3-4H2,1-2H3,(H,16,17,18). The van der Waals surface area contributed by atoms with Crippen LogP contribution >= 0.6 is 12.2 Å². The van der Waals surface area contributed by atoms with E-state index >= 15 is 0 Å². The van der Waals surface area contributed by atoms with Gasteiger partial charge in [-0.25, -0.2) is 4.98 Å². The van der Waals surface area contributed by atoms with E-state index in [4.69, 9.17) is 12.2 Å². The van der Waals surface area contributed by atoms with Crippen molar-refractivity contribution < 1.29 is 0 Å². The van der Waals surface area contributed by atoms with Gasteiger partial charge in [-0.3, -0.25) is 4.98 Å². The molecule has 1 N–H and O–H groups in total. The molecule has 1 saturated carbocycles. The first-order valence-corrected chi connectivity index (χ1v) is 6.59. The second kappa shape index (κ2) is 4.28. The summed E-state index contributed by atoms with van der Waals surface area (Å²) in [5, 5.41) is 0. The number of aryl methyl sites for hydroxylation is 2. The molecule has 0 amide bonds. The van der Waals surface area contributed by atoms with E-state index in [9.17, 15) is 0 Å². The summed E-state index contributed by atoms with van der Waals surface area (Å²) in [6.45, 7) is 3.99. The molecule has 0 radical (unpaired) electrons. The van der Waals surface area contributed by atoms with Gasteiger partial charge in [-0.05, 0) is 50.8 Å². The topological polar surface area (TPSA) is 41.6 Å². The van der Waals surface area contributed by atoms with Crippen LogP contribution in [0.15, 0.2) is 18.2 Å². The number of H-pyrrole nitrogens is 1. The third kappa shape index (κ3) is 2.34. The van der Waals surface area contributed by atoms with Crippen LogP contribution < -0.4 is 0 Å². The molecule has 4 heteroatoms. The Hall–Kier alpha value is -1.55. The second-order valence-corrected chi connectivity index (χ2v) is 5.35. The van der Waals surface area contributed by atoms with E-state index in [0.29, 0.717) is 10.6 Å². The molecule has 3 nitrogen and oxygen atoms in total. The van der Waals surface area contributed by atoms with Gasteiger partial charge < -0.3 is 4.98 Å². The van der Waals surface area contributed by atoms with Gasteiger partial charge in [0.1, 0.15) is 10.5 Å². The Labute approximate surface area is 111 Å². The molecule has 2 aromatic heterocycles. The van der Waals surface area contributed by atoms with Crippen LogP contribution in [0.4, 0.5) is 0 Å². The van der Waals surface area contributed by atoms with Crippen LogP contribution in [0, 0.1) is 18.5 Å². The molecular formula is C14H15N3S.